The van der Waals surface area contributed by atoms with Gasteiger partial charge in [-0.3, -0.25) is 0 Å². The van der Waals surface area contributed by atoms with Crippen LogP contribution in [-0.2, 0) is 0 Å². The molecule has 1 aromatic heterocycles. The topological polar surface area (TPSA) is 49.8 Å². The Balaban J connectivity index is 1.66. The summed E-state index contributed by atoms with van der Waals surface area (Å²) in [5.41, 5.74) is 2.50. The number of nitrogens with zero attached hydrogens (tertiary/aromatic N) is 2. The summed E-state index contributed by atoms with van der Waals surface area (Å²) in [6.45, 7) is 5.08. The summed E-state index contributed by atoms with van der Waals surface area (Å²) in [4.78, 5) is 8.90. The van der Waals surface area contributed by atoms with Gasteiger partial charge in [-0.05, 0) is 25.3 Å². The maximum atomic E-state index is 4.58. The lowest BCUT2D eigenvalue weighted by molar-refractivity contribution is 0.944. The van der Waals surface area contributed by atoms with Crippen LogP contribution in [0.15, 0.2) is 36.5 Å². The Morgan fingerprint density at radius 1 is 1.24 bits per heavy atom. The van der Waals surface area contributed by atoms with Gasteiger partial charge in [-0.1, -0.05) is 37.3 Å². The molecule has 0 saturated heterocycles. The molecule has 2 aromatic rings. The summed E-state index contributed by atoms with van der Waals surface area (Å²) in [5, 5.41) is 6.79. The molecule has 21 heavy (non-hydrogen) atoms. The molecule has 0 amide bonds. The number of aryl methyl sites for hydroxylation is 1. The Morgan fingerprint density at radius 2 is 2.05 bits per heavy atom. The van der Waals surface area contributed by atoms with Gasteiger partial charge in [-0.2, -0.15) is 4.98 Å². The van der Waals surface area contributed by atoms with Crippen molar-refractivity contribution in [3.05, 3.63) is 47.7 Å². The molecule has 2 atom stereocenters. The minimum atomic E-state index is 0.486. The van der Waals surface area contributed by atoms with Gasteiger partial charge >= 0.3 is 0 Å². The van der Waals surface area contributed by atoms with E-state index >= 15 is 0 Å². The molecule has 2 N–H and O–H groups in total. The molecule has 0 spiro atoms. The zero-order valence-electron chi connectivity index (χ0n) is 12.6. The molecule has 2 unspecified atom stereocenters. The molecular weight excluding hydrogens is 260 g/mol. The van der Waals surface area contributed by atoms with Crippen LogP contribution in [0.25, 0.3) is 0 Å². The first-order valence-electron chi connectivity index (χ1n) is 7.67. The minimum absolute atomic E-state index is 0.486. The van der Waals surface area contributed by atoms with Crippen LogP contribution in [0.1, 0.15) is 36.8 Å². The Bertz CT molecular complexity index is 597. The molecule has 110 valence electrons. The molecule has 1 saturated carbocycles. The minimum Gasteiger partial charge on any atom is -0.366 e. The van der Waals surface area contributed by atoms with Crippen molar-refractivity contribution in [2.45, 2.75) is 38.6 Å². The van der Waals surface area contributed by atoms with Crippen LogP contribution in [0.3, 0.4) is 0 Å². The third kappa shape index (κ3) is 3.32. The van der Waals surface area contributed by atoms with Gasteiger partial charge in [-0.15, -0.1) is 0 Å². The fraction of sp³-hybridized carbons (Fsp3) is 0.412. The molecule has 1 fully saturated rings. The molecule has 3 rings (SSSR count). The summed E-state index contributed by atoms with van der Waals surface area (Å²) in [6, 6.07) is 11.2. The molecule has 1 heterocycles. The van der Waals surface area contributed by atoms with E-state index in [4.69, 9.17) is 0 Å². The number of hydrogen-bond acceptors (Lipinski definition) is 4. The highest BCUT2D eigenvalue weighted by molar-refractivity contribution is 5.49. The lowest BCUT2D eigenvalue weighted by Crippen LogP contribution is -2.11. The van der Waals surface area contributed by atoms with Crippen molar-refractivity contribution < 1.29 is 0 Å². The molecular formula is C17H22N4. The van der Waals surface area contributed by atoms with Crippen LogP contribution >= 0.6 is 0 Å². The van der Waals surface area contributed by atoms with Crippen LogP contribution in [0.4, 0.5) is 11.8 Å². The average molecular weight is 282 g/mol. The summed E-state index contributed by atoms with van der Waals surface area (Å²) in [5.74, 6) is 2.27. The van der Waals surface area contributed by atoms with E-state index in [1.807, 2.05) is 13.1 Å². The number of anilines is 2. The number of nitrogens with one attached hydrogen (secondary N) is 2. The average Bonchev–Trinajstić information content (AvgIpc) is 3.28. The van der Waals surface area contributed by atoms with Crippen LogP contribution < -0.4 is 10.6 Å². The van der Waals surface area contributed by atoms with Gasteiger partial charge in [0, 0.05) is 30.3 Å². The molecule has 0 radical (unpaired) electrons. The summed E-state index contributed by atoms with van der Waals surface area (Å²) >= 11 is 0. The van der Waals surface area contributed by atoms with Gasteiger partial charge in [0.15, 0.2) is 0 Å². The van der Waals surface area contributed by atoms with E-state index in [1.165, 1.54) is 12.0 Å². The van der Waals surface area contributed by atoms with E-state index in [0.29, 0.717) is 17.9 Å². The molecule has 1 aliphatic carbocycles. The second-order valence-electron chi connectivity index (χ2n) is 5.66. The first kappa shape index (κ1) is 13.9. The first-order valence-corrected chi connectivity index (χ1v) is 7.67. The standard InChI is InChI=1S/C17H22N4/c1-3-9-18-17-19-11-12(2)16(21-17)20-15-10-14(15)13-7-5-4-6-8-13/h4-8,11,14-15H,3,9-10H2,1-2H3,(H2,18,19,20,21). The normalized spacial score (nSPS) is 20.1. The molecule has 1 aliphatic rings. The van der Waals surface area contributed by atoms with Gasteiger partial charge in [0.2, 0.25) is 5.95 Å². The van der Waals surface area contributed by atoms with Crippen molar-refractivity contribution in [2.75, 3.05) is 17.2 Å². The lowest BCUT2D eigenvalue weighted by Gasteiger charge is -2.10. The highest BCUT2D eigenvalue weighted by Crippen LogP contribution is 2.42. The Labute approximate surface area is 126 Å². The van der Waals surface area contributed by atoms with E-state index < -0.39 is 0 Å². The van der Waals surface area contributed by atoms with E-state index in [0.717, 1.165) is 24.3 Å². The molecule has 4 nitrogen and oxygen atoms in total. The lowest BCUT2D eigenvalue weighted by atomic mass is 10.1. The number of rotatable bonds is 6. The van der Waals surface area contributed by atoms with Crippen LogP contribution in [-0.4, -0.2) is 22.6 Å². The highest BCUT2D eigenvalue weighted by atomic mass is 15.2. The van der Waals surface area contributed by atoms with Crippen molar-refractivity contribution in [1.29, 1.82) is 0 Å². The third-order valence-corrected chi connectivity index (χ3v) is 3.85. The van der Waals surface area contributed by atoms with Crippen molar-refractivity contribution >= 4 is 11.8 Å². The quantitative estimate of drug-likeness (QED) is 0.850. The van der Waals surface area contributed by atoms with Gasteiger partial charge in [0.05, 0.1) is 0 Å². The fourth-order valence-corrected chi connectivity index (χ4v) is 2.51. The largest absolute Gasteiger partial charge is 0.366 e. The Kier molecular flexibility index (Phi) is 4.04. The zero-order chi connectivity index (χ0) is 14.7. The summed E-state index contributed by atoms with van der Waals surface area (Å²) < 4.78 is 0. The second-order valence-corrected chi connectivity index (χ2v) is 5.66. The van der Waals surface area contributed by atoms with Crippen LogP contribution in [0.5, 0.6) is 0 Å². The zero-order valence-corrected chi connectivity index (χ0v) is 12.6. The van der Waals surface area contributed by atoms with E-state index in [2.05, 4.69) is 57.9 Å². The van der Waals surface area contributed by atoms with E-state index in [-0.39, 0.29) is 0 Å². The predicted molar refractivity (Wildman–Crippen MR) is 86.8 cm³/mol. The Hall–Kier alpha value is -2.10. The highest BCUT2D eigenvalue weighted by Gasteiger charge is 2.38. The van der Waals surface area contributed by atoms with Gasteiger partial charge in [-0.25, -0.2) is 4.98 Å². The van der Waals surface area contributed by atoms with Crippen molar-refractivity contribution in [1.82, 2.24) is 9.97 Å². The maximum Gasteiger partial charge on any atom is 0.224 e. The summed E-state index contributed by atoms with van der Waals surface area (Å²) in [7, 11) is 0. The monoisotopic (exact) mass is 282 g/mol. The smallest absolute Gasteiger partial charge is 0.224 e. The van der Waals surface area contributed by atoms with Crippen LogP contribution in [0, 0.1) is 6.92 Å². The second kappa shape index (κ2) is 6.12. The van der Waals surface area contributed by atoms with E-state index in [9.17, 15) is 0 Å². The molecule has 4 heteroatoms. The molecule has 0 aliphatic heterocycles. The number of benzene rings is 1. The van der Waals surface area contributed by atoms with Gasteiger partial charge in [0.25, 0.3) is 0 Å². The van der Waals surface area contributed by atoms with Crippen LogP contribution in [0.2, 0.25) is 0 Å². The SMILES string of the molecule is CCCNc1ncc(C)c(NC2CC2c2ccccc2)n1. The van der Waals surface area contributed by atoms with Crippen molar-refractivity contribution in [3.63, 3.8) is 0 Å². The number of aromatic nitrogens is 2. The van der Waals surface area contributed by atoms with Gasteiger partial charge < -0.3 is 10.6 Å². The predicted octanol–water partition coefficient (Wildman–Crippen LogP) is 3.57. The first-order chi connectivity index (χ1) is 10.3. The fourth-order valence-electron chi connectivity index (χ4n) is 2.51. The number of hydrogen-bond donors (Lipinski definition) is 2. The van der Waals surface area contributed by atoms with E-state index in [1.54, 1.807) is 0 Å². The summed E-state index contributed by atoms with van der Waals surface area (Å²) in [6.07, 6.45) is 4.12. The van der Waals surface area contributed by atoms with Crippen molar-refractivity contribution in [3.8, 4) is 0 Å². The Morgan fingerprint density at radius 3 is 2.81 bits per heavy atom. The van der Waals surface area contributed by atoms with Crippen molar-refractivity contribution in [2.24, 2.45) is 0 Å². The maximum absolute atomic E-state index is 4.58. The molecule has 0 bridgehead atoms. The molecule has 1 aromatic carbocycles. The van der Waals surface area contributed by atoms with Gasteiger partial charge in [0.1, 0.15) is 5.82 Å². The third-order valence-electron chi connectivity index (χ3n) is 3.85.